The Morgan fingerprint density at radius 1 is 1.03 bits per heavy atom. The van der Waals surface area contributed by atoms with E-state index in [1.807, 2.05) is 4.90 Å². The molecule has 2 aromatic heterocycles. The van der Waals surface area contributed by atoms with Gasteiger partial charge in [0.2, 0.25) is 11.9 Å². The molecule has 3 aliphatic heterocycles. The first-order chi connectivity index (χ1) is 14.4. The van der Waals surface area contributed by atoms with Crippen LogP contribution in [0.2, 0.25) is 0 Å². The van der Waals surface area contributed by atoms with Gasteiger partial charge in [0.15, 0.2) is 5.69 Å². The molecule has 1 unspecified atom stereocenters. The van der Waals surface area contributed by atoms with Crippen LogP contribution in [0.4, 0.5) is 30.9 Å². The van der Waals surface area contributed by atoms with Crippen molar-refractivity contribution in [1.29, 1.82) is 0 Å². The molecule has 2 saturated heterocycles. The molecule has 0 aromatic carbocycles. The molecule has 160 valence electrons. The molecule has 0 bridgehead atoms. The maximum absolute atomic E-state index is 13.8. The zero-order valence-corrected chi connectivity index (χ0v) is 16.0. The van der Waals surface area contributed by atoms with Crippen molar-refractivity contribution in [3.63, 3.8) is 0 Å². The zero-order chi connectivity index (χ0) is 20.9. The average Bonchev–Trinajstić information content (AvgIpc) is 3.12. The van der Waals surface area contributed by atoms with Crippen molar-refractivity contribution >= 4 is 17.7 Å². The fraction of sp³-hybridized carbons (Fsp3) is 0.556. The Labute approximate surface area is 170 Å². The van der Waals surface area contributed by atoms with E-state index < -0.39 is 17.8 Å². The number of fused-ring (bicyclic) bond motifs is 3. The molecule has 0 amide bonds. The number of alkyl halides is 3. The Morgan fingerprint density at radius 2 is 1.80 bits per heavy atom. The van der Waals surface area contributed by atoms with Gasteiger partial charge in [-0.3, -0.25) is 0 Å². The van der Waals surface area contributed by atoms with Crippen LogP contribution in [0.5, 0.6) is 0 Å². The van der Waals surface area contributed by atoms with Gasteiger partial charge in [-0.05, 0) is 0 Å². The molecule has 5 heterocycles. The van der Waals surface area contributed by atoms with Gasteiger partial charge in [-0.2, -0.15) is 18.2 Å². The smallest absolute Gasteiger partial charge is 0.378 e. The van der Waals surface area contributed by atoms with Gasteiger partial charge in [0, 0.05) is 37.8 Å². The van der Waals surface area contributed by atoms with E-state index in [1.54, 1.807) is 0 Å². The van der Waals surface area contributed by atoms with E-state index in [9.17, 15) is 13.2 Å². The number of nitrogens with two attached hydrogens (primary N) is 1. The number of rotatable bonds is 2. The number of aromatic nitrogens is 4. The summed E-state index contributed by atoms with van der Waals surface area (Å²) in [6, 6.07) is 0.0192. The number of nitrogens with zero attached hydrogens (tertiary/aromatic N) is 6. The largest absolute Gasteiger partial charge is 0.434 e. The number of nitrogen functional groups attached to an aromatic ring is 1. The standard InChI is InChI=1S/C18H20F3N7O2/c19-18(20,21)14-12(8-23-16(22)25-14)13-11-7-10-9-30-6-3-28(10)15(11)26-17(24-13)27-1-4-29-5-2-27/h8,10H,1-7,9H2,(H2,22,23,25). The molecule has 0 saturated carbocycles. The highest BCUT2D eigenvalue weighted by Crippen LogP contribution is 2.42. The SMILES string of the molecule is Nc1ncc(-c2nc(N3CCOCC3)nc3c2CC2COCCN32)c(C(F)(F)F)n1. The van der Waals surface area contributed by atoms with Crippen LogP contribution in [0.15, 0.2) is 6.20 Å². The van der Waals surface area contributed by atoms with Gasteiger partial charge >= 0.3 is 6.18 Å². The molecule has 1 atom stereocenters. The normalized spacial score (nSPS) is 21.5. The van der Waals surface area contributed by atoms with Crippen LogP contribution < -0.4 is 15.5 Å². The summed E-state index contributed by atoms with van der Waals surface area (Å²) in [5.74, 6) is 0.597. The molecular formula is C18H20F3N7O2. The third-order valence-electron chi connectivity index (χ3n) is 5.54. The minimum Gasteiger partial charge on any atom is -0.378 e. The Morgan fingerprint density at radius 3 is 2.57 bits per heavy atom. The third-order valence-corrected chi connectivity index (χ3v) is 5.54. The lowest BCUT2D eigenvalue weighted by Crippen LogP contribution is -2.43. The number of morpholine rings is 2. The van der Waals surface area contributed by atoms with Crippen molar-refractivity contribution in [2.45, 2.75) is 18.6 Å². The highest BCUT2D eigenvalue weighted by molar-refractivity contribution is 5.75. The summed E-state index contributed by atoms with van der Waals surface area (Å²) in [6.45, 7) is 3.81. The van der Waals surface area contributed by atoms with E-state index in [2.05, 4.69) is 19.9 Å². The van der Waals surface area contributed by atoms with Crippen LogP contribution in [0.25, 0.3) is 11.3 Å². The van der Waals surface area contributed by atoms with E-state index in [0.29, 0.717) is 69.8 Å². The van der Waals surface area contributed by atoms with Crippen molar-refractivity contribution in [3.8, 4) is 11.3 Å². The molecular weight excluding hydrogens is 403 g/mol. The lowest BCUT2D eigenvalue weighted by molar-refractivity contribution is -0.140. The molecule has 5 rings (SSSR count). The quantitative estimate of drug-likeness (QED) is 0.762. The summed E-state index contributed by atoms with van der Waals surface area (Å²) in [4.78, 5) is 20.6. The van der Waals surface area contributed by atoms with E-state index in [1.165, 1.54) is 0 Å². The fourth-order valence-electron chi connectivity index (χ4n) is 4.14. The highest BCUT2D eigenvalue weighted by atomic mass is 19.4. The summed E-state index contributed by atoms with van der Waals surface area (Å²) in [5, 5.41) is 0. The number of hydrogen-bond acceptors (Lipinski definition) is 9. The minimum absolute atomic E-state index is 0.0192. The van der Waals surface area contributed by atoms with E-state index in [0.717, 1.165) is 6.20 Å². The fourth-order valence-corrected chi connectivity index (χ4v) is 4.14. The Kier molecular flexibility index (Phi) is 4.62. The molecule has 0 radical (unpaired) electrons. The molecule has 12 heteroatoms. The second-order valence-electron chi connectivity index (χ2n) is 7.39. The summed E-state index contributed by atoms with van der Waals surface area (Å²) in [7, 11) is 0. The molecule has 0 aliphatic carbocycles. The maximum atomic E-state index is 13.8. The first-order valence-corrected chi connectivity index (χ1v) is 9.70. The van der Waals surface area contributed by atoms with Crippen molar-refractivity contribution in [1.82, 2.24) is 19.9 Å². The van der Waals surface area contributed by atoms with Gasteiger partial charge in [0.05, 0.1) is 43.7 Å². The molecule has 2 N–H and O–H groups in total. The zero-order valence-electron chi connectivity index (χ0n) is 16.0. The van der Waals surface area contributed by atoms with Gasteiger partial charge < -0.3 is 25.0 Å². The summed E-state index contributed by atoms with van der Waals surface area (Å²) < 4.78 is 52.3. The lowest BCUT2D eigenvalue weighted by atomic mass is 10.0. The summed E-state index contributed by atoms with van der Waals surface area (Å²) in [5.41, 5.74) is 5.03. The highest BCUT2D eigenvalue weighted by Gasteiger charge is 2.41. The van der Waals surface area contributed by atoms with Crippen molar-refractivity contribution in [2.24, 2.45) is 0 Å². The lowest BCUT2D eigenvalue weighted by Gasteiger charge is -2.32. The summed E-state index contributed by atoms with van der Waals surface area (Å²) in [6.07, 6.45) is -3.10. The van der Waals surface area contributed by atoms with E-state index >= 15 is 0 Å². The topological polar surface area (TPSA) is 103 Å². The number of hydrogen-bond donors (Lipinski definition) is 1. The van der Waals surface area contributed by atoms with Gasteiger partial charge in [0.25, 0.3) is 0 Å². The van der Waals surface area contributed by atoms with Gasteiger partial charge in [-0.25, -0.2) is 15.0 Å². The average molecular weight is 423 g/mol. The predicted octanol–water partition coefficient (Wildman–Crippen LogP) is 1.13. The third kappa shape index (κ3) is 3.29. The van der Waals surface area contributed by atoms with Gasteiger partial charge in [0.1, 0.15) is 5.82 Å². The Balaban J connectivity index is 1.70. The molecule has 2 fully saturated rings. The first kappa shape index (κ1) is 19.2. The summed E-state index contributed by atoms with van der Waals surface area (Å²) >= 11 is 0. The predicted molar refractivity (Wildman–Crippen MR) is 101 cm³/mol. The molecule has 3 aliphatic rings. The molecule has 9 nitrogen and oxygen atoms in total. The van der Waals surface area contributed by atoms with E-state index in [-0.39, 0.29) is 17.3 Å². The maximum Gasteiger partial charge on any atom is 0.434 e. The minimum atomic E-state index is -4.70. The van der Waals surface area contributed by atoms with Crippen molar-refractivity contribution in [2.75, 3.05) is 61.6 Å². The van der Waals surface area contributed by atoms with Gasteiger partial charge in [-0.1, -0.05) is 0 Å². The second kappa shape index (κ2) is 7.20. The van der Waals surface area contributed by atoms with E-state index in [4.69, 9.17) is 20.2 Å². The second-order valence-corrected chi connectivity index (χ2v) is 7.39. The molecule has 30 heavy (non-hydrogen) atoms. The monoisotopic (exact) mass is 423 g/mol. The van der Waals surface area contributed by atoms with Crippen LogP contribution >= 0.6 is 0 Å². The first-order valence-electron chi connectivity index (χ1n) is 9.70. The van der Waals surface area contributed by atoms with Gasteiger partial charge in [-0.15, -0.1) is 0 Å². The van der Waals surface area contributed by atoms with Crippen LogP contribution in [-0.2, 0) is 22.1 Å². The van der Waals surface area contributed by atoms with Crippen LogP contribution in [0.1, 0.15) is 11.3 Å². The van der Waals surface area contributed by atoms with Crippen LogP contribution in [0, 0.1) is 0 Å². The molecule has 2 aromatic rings. The Bertz CT molecular complexity index is 966. The number of anilines is 3. The number of ether oxygens (including phenoxy) is 2. The van der Waals surface area contributed by atoms with Crippen molar-refractivity contribution in [3.05, 3.63) is 17.5 Å². The van der Waals surface area contributed by atoms with Crippen LogP contribution in [0.3, 0.4) is 0 Å². The van der Waals surface area contributed by atoms with Crippen LogP contribution in [-0.4, -0.2) is 72.0 Å². The Hall–Kier alpha value is -2.73. The van der Waals surface area contributed by atoms with Crippen molar-refractivity contribution < 1.29 is 22.6 Å². The number of halogens is 3. The molecule has 0 spiro atoms.